The van der Waals surface area contributed by atoms with Gasteiger partial charge in [-0.15, -0.1) is 0 Å². The summed E-state index contributed by atoms with van der Waals surface area (Å²) in [6.45, 7) is 4.21. The van der Waals surface area contributed by atoms with Gasteiger partial charge in [-0.05, 0) is 43.4 Å². The number of likely N-dealkylation sites (tertiary alicyclic amines) is 1. The Labute approximate surface area is 214 Å². The second-order valence-electron chi connectivity index (χ2n) is 9.38. The Kier molecular flexibility index (Phi) is 10.4. The monoisotopic (exact) mass is 522 g/mol. The van der Waals surface area contributed by atoms with E-state index in [1.807, 2.05) is 0 Å². The number of Topliss-reactive ketones (excluding diaryl/α,β-unsaturated/α-hetero) is 1. The van der Waals surface area contributed by atoms with Crippen molar-refractivity contribution in [1.29, 1.82) is 0 Å². The molecular formula is C24H35FN6O6. The molecule has 1 aliphatic rings. The molecule has 2 rings (SSSR count). The van der Waals surface area contributed by atoms with Gasteiger partial charge >= 0.3 is 12.1 Å². The normalized spacial score (nSPS) is 15.7. The molecule has 1 fully saturated rings. The van der Waals surface area contributed by atoms with E-state index < -0.39 is 47.5 Å². The van der Waals surface area contributed by atoms with Crippen LogP contribution in [0.25, 0.3) is 0 Å². The van der Waals surface area contributed by atoms with E-state index in [4.69, 9.17) is 16.2 Å². The second kappa shape index (κ2) is 13.0. The standard InChI is InChI=1S/C24H35FN6O6/c1-14(2)19(26)21(34)30-18(5-4-10-28-22(27)35)20(33)29-17-8-6-16(7-9-17)11-37-23(36)31-12-24(25,13-31)15(3)32/h6-9,14,18-19H,4-5,10-13,26H2,1-3H3,(H,29,33)(H,30,34)(H3,27,28,35)/t18-,19-/m0/s1. The van der Waals surface area contributed by atoms with Crippen molar-refractivity contribution in [2.75, 3.05) is 25.0 Å². The van der Waals surface area contributed by atoms with Crippen LogP contribution in [0.1, 0.15) is 39.2 Å². The van der Waals surface area contributed by atoms with Crippen molar-refractivity contribution in [2.45, 2.75) is 58.0 Å². The van der Waals surface area contributed by atoms with E-state index in [1.165, 1.54) is 0 Å². The summed E-state index contributed by atoms with van der Waals surface area (Å²) in [5.41, 5.74) is 9.99. The number of primary amides is 1. The average Bonchev–Trinajstić information content (AvgIpc) is 2.82. The van der Waals surface area contributed by atoms with Gasteiger partial charge in [0.15, 0.2) is 5.78 Å². The molecule has 1 saturated heterocycles. The average molecular weight is 523 g/mol. The van der Waals surface area contributed by atoms with Gasteiger partial charge in [0.25, 0.3) is 0 Å². The van der Waals surface area contributed by atoms with Crippen LogP contribution in [0.15, 0.2) is 24.3 Å². The quantitative estimate of drug-likeness (QED) is 0.251. The maximum Gasteiger partial charge on any atom is 0.410 e. The van der Waals surface area contributed by atoms with Crippen LogP contribution in [0.2, 0.25) is 0 Å². The molecule has 5 amide bonds. The molecule has 1 aliphatic heterocycles. The summed E-state index contributed by atoms with van der Waals surface area (Å²) in [6, 6.07) is 4.08. The van der Waals surface area contributed by atoms with Crippen LogP contribution in [0.5, 0.6) is 0 Å². The summed E-state index contributed by atoms with van der Waals surface area (Å²) in [5.74, 6) is -1.69. The zero-order valence-corrected chi connectivity index (χ0v) is 21.2. The number of hydrogen-bond donors (Lipinski definition) is 5. The second-order valence-corrected chi connectivity index (χ2v) is 9.38. The molecule has 7 N–H and O–H groups in total. The Hall–Kier alpha value is -3.74. The molecule has 1 aromatic carbocycles. The first-order chi connectivity index (χ1) is 17.3. The van der Waals surface area contributed by atoms with Gasteiger partial charge in [0.2, 0.25) is 17.5 Å². The predicted molar refractivity (Wildman–Crippen MR) is 133 cm³/mol. The van der Waals surface area contributed by atoms with Crippen molar-refractivity contribution in [3.8, 4) is 0 Å². The van der Waals surface area contributed by atoms with Gasteiger partial charge in [-0.3, -0.25) is 14.4 Å². The Morgan fingerprint density at radius 3 is 2.27 bits per heavy atom. The molecule has 0 saturated carbocycles. The van der Waals surface area contributed by atoms with E-state index >= 15 is 0 Å². The van der Waals surface area contributed by atoms with E-state index in [0.717, 1.165) is 11.8 Å². The minimum atomic E-state index is -2.01. The number of hydrogen-bond acceptors (Lipinski definition) is 7. The van der Waals surface area contributed by atoms with Crippen LogP contribution in [-0.2, 0) is 25.7 Å². The summed E-state index contributed by atoms with van der Waals surface area (Å²) >= 11 is 0. The van der Waals surface area contributed by atoms with Crippen molar-refractivity contribution < 1.29 is 33.1 Å². The number of nitrogens with two attached hydrogens (primary N) is 2. The molecule has 12 nitrogen and oxygen atoms in total. The van der Waals surface area contributed by atoms with Gasteiger partial charge in [0.1, 0.15) is 12.6 Å². The van der Waals surface area contributed by atoms with E-state index in [-0.39, 0.29) is 38.6 Å². The maximum absolute atomic E-state index is 14.0. The van der Waals surface area contributed by atoms with E-state index in [1.54, 1.807) is 38.1 Å². The molecule has 1 heterocycles. The lowest BCUT2D eigenvalue weighted by Gasteiger charge is -2.41. The highest BCUT2D eigenvalue weighted by Gasteiger charge is 2.50. The number of nitrogens with zero attached hydrogens (tertiary/aromatic N) is 1. The number of carbonyl (C=O) groups excluding carboxylic acids is 5. The number of amides is 5. The Morgan fingerprint density at radius 2 is 1.73 bits per heavy atom. The first kappa shape index (κ1) is 29.5. The lowest BCUT2D eigenvalue weighted by atomic mass is 9.93. The molecule has 0 bridgehead atoms. The van der Waals surface area contributed by atoms with Crippen LogP contribution in [-0.4, -0.2) is 72.0 Å². The van der Waals surface area contributed by atoms with Gasteiger partial charge in [0.05, 0.1) is 19.1 Å². The van der Waals surface area contributed by atoms with Crippen LogP contribution in [0.4, 0.5) is 19.7 Å². The summed E-state index contributed by atoms with van der Waals surface area (Å²) in [5, 5.41) is 7.80. The van der Waals surface area contributed by atoms with E-state index in [9.17, 15) is 28.4 Å². The SMILES string of the molecule is CC(=O)C1(F)CN(C(=O)OCc2ccc(NC(=O)[C@H](CCCNC(N)=O)NC(=O)[C@@H](N)C(C)C)cc2)C1. The topological polar surface area (TPSA) is 186 Å². The third-order valence-electron chi connectivity index (χ3n) is 5.98. The van der Waals surface area contributed by atoms with Gasteiger partial charge in [-0.25, -0.2) is 14.0 Å². The van der Waals surface area contributed by atoms with Crippen molar-refractivity contribution in [1.82, 2.24) is 15.5 Å². The lowest BCUT2D eigenvalue weighted by molar-refractivity contribution is -0.138. The number of urea groups is 1. The number of benzene rings is 1. The molecule has 37 heavy (non-hydrogen) atoms. The number of halogens is 1. The molecule has 0 radical (unpaired) electrons. The summed E-state index contributed by atoms with van der Waals surface area (Å²) in [7, 11) is 0. The number of carbonyl (C=O) groups is 5. The zero-order valence-electron chi connectivity index (χ0n) is 21.2. The molecule has 0 aromatic heterocycles. The Morgan fingerprint density at radius 1 is 1.11 bits per heavy atom. The molecule has 204 valence electrons. The first-order valence-electron chi connectivity index (χ1n) is 11.9. The van der Waals surface area contributed by atoms with Gasteiger partial charge in [0, 0.05) is 12.2 Å². The third-order valence-corrected chi connectivity index (χ3v) is 5.98. The fourth-order valence-electron chi connectivity index (χ4n) is 3.42. The highest BCUT2D eigenvalue weighted by Crippen LogP contribution is 2.27. The van der Waals surface area contributed by atoms with Crippen LogP contribution in [0.3, 0.4) is 0 Å². The van der Waals surface area contributed by atoms with Crippen molar-refractivity contribution in [2.24, 2.45) is 17.4 Å². The molecule has 2 atom stereocenters. The molecule has 0 spiro atoms. The minimum Gasteiger partial charge on any atom is -0.445 e. The minimum absolute atomic E-state index is 0.0818. The fraction of sp³-hybridized carbons (Fsp3) is 0.542. The molecule has 0 aliphatic carbocycles. The molecular weight excluding hydrogens is 487 g/mol. The predicted octanol–water partition coefficient (Wildman–Crippen LogP) is 0.791. The Balaban J connectivity index is 1.90. The first-order valence-corrected chi connectivity index (χ1v) is 11.9. The summed E-state index contributed by atoms with van der Waals surface area (Å²) in [6.07, 6.45) is -0.108. The Bertz CT molecular complexity index is 996. The lowest BCUT2D eigenvalue weighted by Crippen LogP contribution is -2.64. The van der Waals surface area contributed by atoms with Gasteiger partial charge in [-0.2, -0.15) is 0 Å². The van der Waals surface area contributed by atoms with E-state index in [0.29, 0.717) is 17.7 Å². The highest BCUT2D eigenvalue weighted by atomic mass is 19.1. The summed E-state index contributed by atoms with van der Waals surface area (Å²) < 4.78 is 19.1. The number of nitrogens with one attached hydrogen (secondary N) is 3. The van der Waals surface area contributed by atoms with Crippen LogP contribution in [0, 0.1) is 5.92 Å². The number of ketones is 1. The number of rotatable bonds is 12. The third kappa shape index (κ3) is 8.70. The maximum atomic E-state index is 14.0. The largest absolute Gasteiger partial charge is 0.445 e. The zero-order chi connectivity index (χ0) is 27.8. The molecule has 0 unspecified atom stereocenters. The number of alkyl halides is 1. The van der Waals surface area contributed by atoms with Crippen molar-refractivity contribution in [3.05, 3.63) is 29.8 Å². The van der Waals surface area contributed by atoms with Crippen LogP contribution >= 0.6 is 0 Å². The fourth-order valence-corrected chi connectivity index (χ4v) is 3.42. The van der Waals surface area contributed by atoms with Crippen molar-refractivity contribution >= 4 is 35.4 Å². The number of ether oxygens (including phenoxy) is 1. The van der Waals surface area contributed by atoms with Crippen molar-refractivity contribution in [3.63, 3.8) is 0 Å². The van der Waals surface area contributed by atoms with Crippen LogP contribution < -0.4 is 27.4 Å². The highest BCUT2D eigenvalue weighted by molar-refractivity contribution is 5.97. The smallest absolute Gasteiger partial charge is 0.410 e. The van der Waals surface area contributed by atoms with E-state index in [2.05, 4.69) is 16.0 Å². The molecule has 13 heteroatoms. The van der Waals surface area contributed by atoms with Gasteiger partial charge < -0.3 is 37.1 Å². The molecule has 1 aromatic rings. The summed E-state index contributed by atoms with van der Waals surface area (Å²) in [4.78, 5) is 60.5. The van der Waals surface area contributed by atoms with Gasteiger partial charge in [-0.1, -0.05) is 26.0 Å². The number of anilines is 1.